The Hall–Kier alpha value is -1.97. The van der Waals surface area contributed by atoms with Crippen LogP contribution in [0.4, 0.5) is 0 Å². The molecule has 0 radical (unpaired) electrons. The smallest absolute Gasteiger partial charge is 0.328 e. The average molecular weight is 246 g/mol. The van der Waals surface area contributed by atoms with E-state index in [1.807, 2.05) is 6.92 Å². The van der Waals surface area contributed by atoms with Gasteiger partial charge in [-0.3, -0.25) is 0 Å². The van der Waals surface area contributed by atoms with Crippen molar-refractivity contribution in [1.29, 1.82) is 0 Å². The van der Waals surface area contributed by atoms with Crippen LogP contribution in [0.3, 0.4) is 0 Å². The third-order valence-corrected chi connectivity index (χ3v) is 3.50. The molecule has 0 atom stereocenters. The van der Waals surface area contributed by atoms with E-state index in [2.05, 4.69) is 0 Å². The quantitative estimate of drug-likeness (QED) is 0.810. The van der Waals surface area contributed by atoms with E-state index in [0.717, 1.165) is 52.7 Å². The van der Waals surface area contributed by atoms with Crippen LogP contribution < -0.4 is 9.47 Å². The molecule has 0 bridgehead atoms. The number of rotatable bonds is 2. The van der Waals surface area contributed by atoms with E-state index in [1.165, 1.54) is 0 Å². The van der Waals surface area contributed by atoms with Gasteiger partial charge in [-0.15, -0.1) is 0 Å². The Balaban J connectivity index is 2.21. The minimum absolute atomic E-state index is 0.660. The van der Waals surface area contributed by atoms with Gasteiger partial charge in [-0.05, 0) is 18.6 Å². The van der Waals surface area contributed by atoms with Gasteiger partial charge in [0, 0.05) is 35.6 Å². The van der Waals surface area contributed by atoms with Crippen LogP contribution in [0.2, 0.25) is 0 Å². The number of ether oxygens (including phenoxy) is 2. The molecule has 2 aliphatic rings. The third-order valence-electron chi connectivity index (χ3n) is 3.50. The number of carbonyl (C=O) groups is 1. The molecule has 1 N–H and O–H groups in total. The van der Waals surface area contributed by atoms with E-state index in [4.69, 9.17) is 14.6 Å². The molecule has 18 heavy (non-hydrogen) atoms. The standard InChI is InChI=1S/C14H14O4/c1-8-9-4-6-18-14(9)10(2-3-12(15)16)11-5-7-17-13(8)11/h2-3H,4-7H2,1H3,(H,15,16)/b3-2+. The van der Waals surface area contributed by atoms with Crippen molar-refractivity contribution in [2.24, 2.45) is 0 Å². The van der Waals surface area contributed by atoms with Gasteiger partial charge in [-0.2, -0.15) is 0 Å². The lowest BCUT2D eigenvalue weighted by Crippen LogP contribution is -1.95. The molecule has 4 heteroatoms. The van der Waals surface area contributed by atoms with E-state index in [0.29, 0.717) is 13.2 Å². The lowest BCUT2D eigenvalue weighted by Gasteiger charge is -2.13. The Morgan fingerprint density at radius 3 is 2.56 bits per heavy atom. The molecular formula is C14H14O4. The van der Waals surface area contributed by atoms with Crippen molar-refractivity contribution >= 4 is 12.0 Å². The van der Waals surface area contributed by atoms with Crippen LogP contribution in [0, 0.1) is 6.92 Å². The van der Waals surface area contributed by atoms with Crippen molar-refractivity contribution in [2.45, 2.75) is 19.8 Å². The van der Waals surface area contributed by atoms with Gasteiger partial charge in [0.1, 0.15) is 11.5 Å². The highest BCUT2D eigenvalue weighted by atomic mass is 16.5. The zero-order valence-electron chi connectivity index (χ0n) is 10.2. The van der Waals surface area contributed by atoms with Crippen molar-refractivity contribution in [3.05, 3.63) is 28.3 Å². The van der Waals surface area contributed by atoms with Crippen LogP contribution in [-0.4, -0.2) is 24.3 Å². The summed E-state index contributed by atoms with van der Waals surface area (Å²) >= 11 is 0. The highest BCUT2D eigenvalue weighted by Crippen LogP contribution is 2.44. The fraction of sp³-hybridized carbons (Fsp3) is 0.357. The number of carboxylic acids is 1. The van der Waals surface area contributed by atoms with Crippen molar-refractivity contribution < 1.29 is 19.4 Å². The summed E-state index contributed by atoms with van der Waals surface area (Å²) in [6.45, 7) is 3.36. The number of hydrogen-bond acceptors (Lipinski definition) is 3. The summed E-state index contributed by atoms with van der Waals surface area (Å²) in [6.07, 6.45) is 4.46. The first-order chi connectivity index (χ1) is 8.68. The second-order valence-electron chi connectivity index (χ2n) is 4.52. The molecule has 2 heterocycles. The van der Waals surface area contributed by atoms with E-state index >= 15 is 0 Å². The Labute approximate surface area is 105 Å². The summed E-state index contributed by atoms with van der Waals surface area (Å²) in [7, 11) is 0. The number of benzene rings is 1. The normalized spacial score (nSPS) is 16.3. The number of fused-ring (bicyclic) bond motifs is 2. The van der Waals surface area contributed by atoms with Gasteiger partial charge in [-0.1, -0.05) is 0 Å². The monoisotopic (exact) mass is 246 g/mol. The van der Waals surface area contributed by atoms with Crippen LogP contribution in [0.25, 0.3) is 6.08 Å². The van der Waals surface area contributed by atoms with Crippen molar-refractivity contribution in [2.75, 3.05) is 13.2 Å². The summed E-state index contributed by atoms with van der Waals surface area (Å²) in [5, 5.41) is 8.77. The van der Waals surface area contributed by atoms with Gasteiger partial charge < -0.3 is 14.6 Å². The Morgan fingerprint density at radius 2 is 1.83 bits per heavy atom. The summed E-state index contributed by atoms with van der Waals surface area (Å²) in [6, 6.07) is 0. The van der Waals surface area contributed by atoms with Gasteiger partial charge in [0.2, 0.25) is 0 Å². The summed E-state index contributed by atoms with van der Waals surface area (Å²) in [5.41, 5.74) is 4.25. The predicted octanol–water partition coefficient (Wildman–Crippen LogP) is 1.96. The summed E-state index contributed by atoms with van der Waals surface area (Å²) in [4.78, 5) is 10.7. The van der Waals surface area contributed by atoms with Crippen molar-refractivity contribution in [1.82, 2.24) is 0 Å². The zero-order valence-corrected chi connectivity index (χ0v) is 10.2. The van der Waals surface area contributed by atoms with Gasteiger partial charge in [0.25, 0.3) is 0 Å². The SMILES string of the molecule is Cc1c2c(c(/C=C/C(=O)O)c3c1OCC3)OCC2. The minimum atomic E-state index is -0.949. The first kappa shape index (κ1) is 11.1. The highest BCUT2D eigenvalue weighted by molar-refractivity contribution is 5.87. The molecule has 1 aromatic carbocycles. The first-order valence-electron chi connectivity index (χ1n) is 6.03. The average Bonchev–Trinajstić information content (AvgIpc) is 2.95. The second kappa shape index (κ2) is 4.05. The lowest BCUT2D eigenvalue weighted by molar-refractivity contribution is -0.131. The van der Waals surface area contributed by atoms with E-state index in [9.17, 15) is 4.79 Å². The maximum Gasteiger partial charge on any atom is 0.328 e. The number of hydrogen-bond donors (Lipinski definition) is 1. The van der Waals surface area contributed by atoms with E-state index in [1.54, 1.807) is 6.08 Å². The molecule has 0 aliphatic carbocycles. The molecule has 2 aliphatic heterocycles. The molecule has 0 saturated carbocycles. The molecule has 1 aromatic rings. The van der Waals surface area contributed by atoms with Gasteiger partial charge in [-0.25, -0.2) is 4.79 Å². The first-order valence-corrected chi connectivity index (χ1v) is 6.03. The largest absolute Gasteiger partial charge is 0.493 e. The van der Waals surface area contributed by atoms with Gasteiger partial charge in [0.05, 0.1) is 13.2 Å². The van der Waals surface area contributed by atoms with Crippen LogP contribution >= 0.6 is 0 Å². The summed E-state index contributed by atoms with van der Waals surface area (Å²) in [5.74, 6) is 0.813. The molecule has 0 fully saturated rings. The molecule has 0 amide bonds. The van der Waals surface area contributed by atoms with Crippen LogP contribution in [0.5, 0.6) is 11.5 Å². The summed E-state index contributed by atoms with van der Waals surface area (Å²) < 4.78 is 11.3. The zero-order chi connectivity index (χ0) is 12.7. The van der Waals surface area contributed by atoms with Gasteiger partial charge in [0.15, 0.2) is 0 Å². The maximum atomic E-state index is 10.7. The second-order valence-corrected chi connectivity index (χ2v) is 4.52. The highest BCUT2D eigenvalue weighted by Gasteiger charge is 2.28. The molecule has 0 saturated heterocycles. The third kappa shape index (κ3) is 1.56. The van der Waals surface area contributed by atoms with Gasteiger partial charge >= 0.3 is 5.97 Å². The number of aliphatic carboxylic acids is 1. The van der Waals surface area contributed by atoms with Crippen molar-refractivity contribution in [3.8, 4) is 11.5 Å². The fourth-order valence-electron chi connectivity index (χ4n) is 2.71. The van der Waals surface area contributed by atoms with Crippen LogP contribution in [-0.2, 0) is 17.6 Å². The Bertz CT molecular complexity index is 522. The Morgan fingerprint density at radius 1 is 1.17 bits per heavy atom. The van der Waals surface area contributed by atoms with E-state index in [-0.39, 0.29) is 0 Å². The van der Waals surface area contributed by atoms with E-state index < -0.39 is 5.97 Å². The van der Waals surface area contributed by atoms with Crippen LogP contribution in [0.15, 0.2) is 6.08 Å². The molecule has 4 nitrogen and oxygen atoms in total. The molecule has 0 spiro atoms. The molecule has 0 unspecified atom stereocenters. The maximum absolute atomic E-state index is 10.7. The predicted molar refractivity (Wildman–Crippen MR) is 66.2 cm³/mol. The molecule has 0 aromatic heterocycles. The lowest BCUT2D eigenvalue weighted by atomic mass is 9.95. The molecular weight excluding hydrogens is 232 g/mol. The fourth-order valence-corrected chi connectivity index (χ4v) is 2.71. The molecule has 3 rings (SSSR count). The molecule has 94 valence electrons. The Kier molecular flexibility index (Phi) is 2.51. The number of carboxylic acid groups (broad SMARTS) is 1. The minimum Gasteiger partial charge on any atom is -0.493 e. The topological polar surface area (TPSA) is 55.8 Å². The van der Waals surface area contributed by atoms with Crippen LogP contribution in [0.1, 0.15) is 22.3 Å². The van der Waals surface area contributed by atoms with Crippen molar-refractivity contribution in [3.63, 3.8) is 0 Å².